The van der Waals surface area contributed by atoms with Gasteiger partial charge in [-0.1, -0.05) is 12.1 Å². The van der Waals surface area contributed by atoms with Gasteiger partial charge < -0.3 is 11.1 Å². The van der Waals surface area contributed by atoms with Gasteiger partial charge in [0.05, 0.1) is 5.03 Å². The number of anilines is 2. The number of nitrogen functional groups attached to an aromatic ring is 1. The van der Waals surface area contributed by atoms with Crippen LogP contribution in [0.2, 0.25) is 0 Å². The van der Waals surface area contributed by atoms with Crippen molar-refractivity contribution in [3.63, 3.8) is 0 Å². The fourth-order valence-corrected chi connectivity index (χ4v) is 2.65. The van der Waals surface area contributed by atoms with Crippen molar-refractivity contribution in [2.24, 2.45) is 0 Å². The summed E-state index contributed by atoms with van der Waals surface area (Å²) in [7, 11) is 0. The van der Waals surface area contributed by atoms with Gasteiger partial charge in [0, 0.05) is 24.0 Å². The standard InChI is InChI=1S/C16H19N3OS/c1-12-13(17)6-4-7-14(12)19-15(20)8-5-11-21-16-9-2-3-10-18-16/h2-4,6-7,9-10H,5,8,11,17H2,1H3,(H,19,20). The molecule has 0 aliphatic carbocycles. The second kappa shape index (κ2) is 7.69. The Bertz CT molecular complexity index is 602. The summed E-state index contributed by atoms with van der Waals surface area (Å²) in [5.74, 6) is 0.894. The van der Waals surface area contributed by atoms with Gasteiger partial charge in [0.2, 0.25) is 5.91 Å². The van der Waals surface area contributed by atoms with Crippen LogP contribution in [0, 0.1) is 6.92 Å². The Morgan fingerprint density at radius 1 is 1.29 bits per heavy atom. The molecule has 3 N–H and O–H groups in total. The minimum atomic E-state index is 0.0188. The van der Waals surface area contributed by atoms with Crippen LogP contribution in [-0.4, -0.2) is 16.6 Å². The van der Waals surface area contributed by atoms with Crippen molar-refractivity contribution in [2.45, 2.75) is 24.8 Å². The molecule has 0 saturated carbocycles. The van der Waals surface area contributed by atoms with Gasteiger partial charge in [0.1, 0.15) is 0 Å². The predicted molar refractivity (Wildman–Crippen MR) is 88.4 cm³/mol. The molecule has 0 aliphatic rings. The first-order valence-electron chi connectivity index (χ1n) is 6.85. The topological polar surface area (TPSA) is 68.0 Å². The van der Waals surface area contributed by atoms with Crippen LogP contribution >= 0.6 is 11.8 Å². The molecule has 1 aromatic carbocycles. The lowest BCUT2D eigenvalue weighted by Gasteiger charge is -2.10. The van der Waals surface area contributed by atoms with Gasteiger partial charge in [-0.05, 0) is 48.9 Å². The van der Waals surface area contributed by atoms with Crippen LogP contribution in [0.4, 0.5) is 11.4 Å². The molecule has 0 bridgehead atoms. The van der Waals surface area contributed by atoms with E-state index < -0.39 is 0 Å². The Kier molecular flexibility index (Phi) is 5.63. The van der Waals surface area contributed by atoms with Crippen molar-refractivity contribution in [2.75, 3.05) is 16.8 Å². The number of hydrogen-bond donors (Lipinski definition) is 2. The fourth-order valence-electron chi connectivity index (χ4n) is 1.84. The molecule has 0 saturated heterocycles. The normalized spacial score (nSPS) is 10.3. The van der Waals surface area contributed by atoms with E-state index in [4.69, 9.17) is 5.73 Å². The number of nitrogens with one attached hydrogen (secondary N) is 1. The summed E-state index contributed by atoms with van der Waals surface area (Å²) in [6.07, 6.45) is 3.08. The van der Waals surface area contributed by atoms with Crippen molar-refractivity contribution in [3.8, 4) is 0 Å². The maximum absolute atomic E-state index is 11.9. The number of rotatable bonds is 6. The van der Waals surface area contributed by atoms with E-state index in [1.165, 1.54) is 0 Å². The lowest BCUT2D eigenvalue weighted by molar-refractivity contribution is -0.116. The van der Waals surface area contributed by atoms with Gasteiger partial charge in [-0.3, -0.25) is 4.79 Å². The number of carbonyl (C=O) groups excluding carboxylic acids is 1. The molecule has 0 aliphatic heterocycles. The van der Waals surface area contributed by atoms with Crippen molar-refractivity contribution in [1.82, 2.24) is 4.98 Å². The molecule has 0 fully saturated rings. The number of pyridine rings is 1. The second-order valence-electron chi connectivity index (χ2n) is 4.69. The molecular formula is C16H19N3OS. The Morgan fingerprint density at radius 2 is 2.14 bits per heavy atom. The molecule has 21 heavy (non-hydrogen) atoms. The van der Waals surface area contributed by atoms with Crippen molar-refractivity contribution in [1.29, 1.82) is 0 Å². The van der Waals surface area contributed by atoms with Gasteiger partial charge in [0.15, 0.2) is 0 Å². The molecule has 1 heterocycles. The summed E-state index contributed by atoms with van der Waals surface area (Å²) < 4.78 is 0. The number of nitrogens with two attached hydrogens (primary N) is 1. The van der Waals surface area contributed by atoms with Gasteiger partial charge in [-0.25, -0.2) is 4.98 Å². The van der Waals surface area contributed by atoms with Gasteiger partial charge in [-0.15, -0.1) is 11.8 Å². The highest BCUT2D eigenvalue weighted by molar-refractivity contribution is 7.99. The highest BCUT2D eigenvalue weighted by Gasteiger charge is 2.06. The molecule has 2 aromatic rings. The maximum Gasteiger partial charge on any atom is 0.224 e. The largest absolute Gasteiger partial charge is 0.398 e. The zero-order chi connectivity index (χ0) is 15.1. The molecule has 1 amide bonds. The van der Waals surface area contributed by atoms with E-state index in [1.54, 1.807) is 18.0 Å². The van der Waals surface area contributed by atoms with E-state index in [0.29, 0.717) is 12.1 Å². The van der Waals surface area contributed by atoms with E-state index >= 15 is 0 Å². The Labute approximate surface area is 129 Å². The first kappa shape index (κ1) is 15.4. The third-order valence-electron chi connectivity index (χ3n) is 3.09. The van der Waals surface area contributed by atoms with Crippen molar-refractivity contribution in [3.05, 3.63) is 48.2 Å². The van der Waals surface area contributed by atoms with Crippen LogP contribution in [0.1, 0.15) is 18.4 Å². The van der Waals surface area contributed by atoms with Crippen LogP contribution in [0.15, 0.2) is 47.6 Å². The highest BCUT2D eigenvalue weighted by Crippen LogP contribution is 2.21. The molecule has 0 atom stereocenters. The quantitative estimate of drug-likeness (QED) is 0.487. The van der Waals surface area contributed by atoms with Gasteiger partial charge >= 0.3 is 0 Å². The summed E-state index contributed by atoms with van der Waals surface area (Å²) >= 11 is 1.66. The number of carbonyl (C=O) groups is 1. The molecule has 1 aromatic heterocycles. The van der Waals surface area contributed by atoms with Crippen LogP contribution in [0.5, 0.6) is 0 Å². The van der Waals surface area contributed by atoms with Crippen molar-refractivity contribution < 1.29 is 4.79 Å². The average molecular weight is 301 g/mol. The van der Waals surface area contributed by atoms with Crippen molar-refractivity contribution >= 4 is 29.0 Å². The third kappa shape index (κ3) is 4.79. The van der Waals surface area contributed by atoms with Gasteiger partial charge in [0.25, 0.3) is 0 Å². The van der Waals surface area contributed by atoms with E-state index in [2.05, 4.69) is 10.3 Å². The Hall–Kier alpha value is -2.01. The number of amides is 1. The van der Waals surface area contributed by atoms with E-state index in [1.807, 2.05) is 43.3 Å². The molecular weight excluding hydrogens is 282 g/mol. The number of aromatic nitrogens is 1. The average Bonchev–Trinajstić information content (AvgIpc) is 2.49. The summed E-state index contributed by atoms with van der Waals surface area (Å²) in [6.45, 7) is 1.90. The molecule has 2 rings (SSSR count). The third-order valence-corrected chi connectivity index (χ3v) is 4.12. The number of benzene rings is 1. The second-order valence-corrected chi connectivity index (χ2v) is 5.80. The molecule has 0 radical (unpaired) electrons. The van der Waals surface area contributed by atoms with E-state index in [0.717, 1.165) is 28.5 Å². The molecule has 4 nitrogen and oxygen atoms in total. The summed E-state index contributed by atoms with van der Waals surface area (Å²) in [5.41, 5.74) is 8.21. The summed E-state index contributed by atoms with van der Waals surface area (Å²) in [4.78, 5) is 16.1. The molecule has 0 unspecified atom stereocenters. The highest BCUT2D eigenvalue weighted by atomic mass is 32.2. The first-order chi connectivity index (χ1) is 10.2. The Balaban J connectivity index is 1.74. The zero-order valence-corrected chi connectivity index (χ0v) is 12.8. The number of thioether (sulfide) groups is 1. The molecule has 5 heteroatoms. The summed E-state index contributed by atoms with van der Waals surface area (Å²) in [6, 6.07) is 11.4. The first-order valence-corrected chi connectivity index (χ1v) is 7.84. The van der Waals surface area contributed by atoms with Gasteiger partial charge in [-0.2, -0.15) is 0 Å². The maximum atomic E-state index is 11.9. The van der Waals surface area contributed by atoms with Crippen LogP contribution in [-0.2, 0) is 4.79 Å². The number of hydrogen-bond acceptors (Lipinski definition) is 4. The Morgan fingerprint density at radius 3 is 2.90 bits per heavy atom. The lowest BCUT2D eigenvalue weighted by atomic mass is 10.1. The predicted octanol–water partition coefficient (Wildman–Crippen LogP) is 3.48. The SMILES string of the molecule is Cc1c(N)cccc1NC(=O)CCCSc1ccccn1. The molecule has 110 valence electrons. The van der Waals surface area contributed by atoms with E-state index in [-0.39, 0.29) is 5.91 Å². The fraction of sp³-hybridized carbons (Fsp3) is 0.250. The monoisotopic (exact) mass is 301 g/mol. The van der Waals surface area contributed by atoms with Crippen LogP contribution in [0.3, 0.4) is 0 Å². The summed E-state index contributed by atoms with van der Waals surface area (Å²) in [5, 5.41) is 3.90. The van der Waals surface area contributed by atoms with Crippen LogP contribution in [0.25, 0.3) is 0 Å². The zero-order valence-electron chi connectivity index (χ0n) is 12.0. The minimum absolute atomic E-state index is 0.0188. The lowest BCUT2D eigenvalue weighted by Crippen LogP contribution is -2.12. The van der Waals surface area contributed by atoms with Crippen LogP contribution < -0.4 is 11.1 Å². The minimum Gasteiger partial charge on any atom is -0.398 e. The van der Waals surface area contributed by atoms with E-state index in [9.17, 15) is 4.79 Å². The smallest absolute Gasteiger partial charge is 0.224 e. The number of nitrogens with zero attached hydrogens (tertiary/aromatic N) is 1. The molecule has 0 spiro atoms.